The average molecular weight is 709 g/mol. The molecular formula is C35H44F4N4O7. The quantitative estimate of drug-likeness (QED) is 0.209. The Morgan fingerprint density at radius 3 is 2.16 bits per heavy atom. The molecule has 3 rings (SSSR count). The normalized spacial score (nSPS) is 17.3. The lowest BCUT2D eigenvalue weighted by Crippen LogP contribution is -2.59. The van der Waals surface area contributed by atoms with Crippen molar-refractivity contribution in [3.05, 3.63) is 70.8 Å². The number of hydrogen-bond donors (Lipinski definition) is 4. The number of carboxylic acid groups (broad SMARTS) is 1. The number of carbonyl (C=O) groups is 5. The number of hydrogen-bond acceptors (Lipinski definition) is 6. The van der Waals surface area contributed by atoms with Crippen molar-refractivity contribution in [1.82, 2.24) is 20.9 Å². The predicted molar refractivity (Wildman–Crippen MR) is 174 cm³/mol. The van der Waals surface area contributed by atoms with E-state index in [1.807, 2.05) is 26.0 Å². The van der Waals surface area contributed by atoms with E-state index in [2.05, 4.69) is 16.0 Å². The van der Waals surface area contributed by atoms with Crippen LogP contribution in [-0.4, -0.2) is 84.0 Å². The van der Waals surface area contributed by atoms with Gasteiger partial charge in [-0.05, 0) is 41.9 Å². The van der Waals surface area contributed by atoms with Crippen LogP contribution in [0.15, 0.2) is 42.5 Å². The van der Waals surface area contributed by atoms with Gasteiger partial charge in [0.25, 0.3) is 0 Å². The van der Waals surface area contributed by atoms with Gasteiger partial charge in [0.2, 0.25) is 24.1 Å². The molecule has 0 aromatic heterocycles. The van der Waals surface area contributed by atoms with Crippen LogP contribution in [0.3, 0.4) is 0 Å². The summed E-state index contributed by atoms with van der Waals surface area (Å²) >= 11 is 0. The van der Waals surface area contributed by atoms with Gasteiger partial charge in [0, 0.05) is 31.0 Å². The van der Waals surface area contributed by atoms with E-state index in [1.165, 1.54) is 4.90 Å². The van der Waals surface area contributed by atoms with E-state index >= 15 is 0 Å². The predicted octanol–water partition coefficient (Wildman–Crippen LogP) is 4.64. The largest absolute Gasteiger partial charge is 0.478 e. The fourth-order valence-corrected chi connectivity index (χ4v) is 5.59. The molecule has 274 valence electrons. The molecule has 1 aliphatic rings. The number of benzene rings is 2. The van der Waals surface area contributed by atoms with Gasteiger partial charge >= 0.3 is 12.1 Å². The zero-order valence-electron chi connectivity index (χ0n) is 28.6. The highest BCUT2D eigenvalue weighted by Gasteiger charge is 2.46. The zero-order valence-corrected chi connectivity index (χ0v) is 28.6. The van der Waals surface area contributed by atoms with Gasteiger partial charge in [0.1, 0.15) is 29.8 Å². The molecule has 11 nitrogen and oxygen atoms in total. The maximum atomic E-state index is 14.4. The fraction of sp³-hybridized carbons (Fsp3) is 0.514. The first kappa shape index (κ1) is 39.7. The van der Waals surface area contributed by atoms with Gasteiger partial charge in [0.15, 0.2) is 0 Å². The zero-order chi connectivity index (χ0) is 37.3. The van der Waals surface area contributed by atoms with E-state index in [4.69, 9.17) is 9.84 Å². The summed E-state index contributed by atoms with van der Waals surface area (Å²) in [5, 5.41) is 16.2. The summed E-state index contributed by atoms with van der Waals surface area (Å²) in [6, 6.07) is 6.14. The van der Waals surface area contributed by atoms with Crippen molar-refractivity contribution in [2.45, 2.75) is 84.4 Å². The average Bonchev–Trinajstić information content (AvgIpc) is 3.48. The maximum absolute atomic E-state index is 14.4. The molecule has 50 heavy (non-hydrogen) atoms. The van der Waals surface area contributed by atoms with E-state index in [-0.39, 0.29) is 31.4 Å². The number of carbonyl (C=O) groups excluding carboxylic acids is 4. The minimum absolute atomic E-state index is 0.0360. The molecule has 15 heteroatoms. The molecule has 0 spiro atoms. The number of halogens is 4. The molecule has 0 unspecified atom stereocenters. The van der Waals surface area contributed by atoms with Crippen LogP contribution in [-0.2, 0) is 25.5 Å². The van der Waals surface area contributed by atoms with Gasteiger partial charge in [0.05, 0.1) is 12.2 Å². The van der Waals surface area contributed by atoms with E-state index in [1.54, 1.807) is 39.0 Å². The molecular weight excluding hydrogens is 664 g/mol. The Bertz CT molecular complexity index is 1510. The number of aromatic carboxylic acids is 1. The smallest absolute Gasteiger partial charge is 0.407 e. The molecule has 0 saturated carbocycles. The summed E-state index contributed by atoms with van der Waals surface area (Å²) in [5.41, 5.74) is -1.16. The van der Waals surface area contributed by atoms with Crippen LogP contribution in [0.1, 0.15) is 74.9 Å². The number of nitrogens with zero attached hydrogens (tertiary/aromatic N) is 1. The van der Waals surface area contributed by atoms with Gasteiger partial charge in [-0.3, -0.25) is 14.4 Å². The number of nitrogens with one attached hydrogen (secondary N) is 3. The number of ether oxygens (including phenoxy) is 1. The Kier molecular flexibility index (Phi) is 13.8. The van der Waals surface area contributed by atoms with Crippen LogP contribution in [0.25, 0.3) is 0 Å². The number of alkyl carbamates (subject to hydrolysis) is 1. The Labute approximate surface area is 288 Å². The second-order valence-electron chi connectivity index (χ2n) is 13.7. The van der Waals surface area contributed by atoms with Crippen molar-refractivity contribution in [2.24, 2.45) is 11.3 Å². The molecule has 2 aromatic rings. The fourth-order valence-electron chi connectivity index (χ4n) is 5.59. The monoisotopic (exact) mass is 708 g/mol. The summed E-state index contributed by atoms with van der Waals surface area (Å²) in [5.74, 6) is -6.72. The van der Waals surface area contributed by atoms with Crippen molar-refractivity contribution in [3.8, 4) is 0 Å². The topological polar surface area (TPSA) is 154 Å². The first-order valence-corrected chi connectivity index (χ1v) is 16.2. The summed E-state index contributed by atoms with van der Waals surface area (Å²) in [7, 11) is 0. The van der Waals surface area contributed by atoms with Crippen LogP contribution in [0.2, 0.25) is 0 Å². The number of likely N-dealkylation sites (tertiary alicyclic amines) is 1. The van der Waals surface area contributed by atoms with Crippen LogP contribution >= 0.6 is 0 Å². The molecule has 1 heterocycles. The molecule has 1 aliphatic heterocycles. The molecule has 4 amide bonds. The molecule has 4 atom stereocenters. The van der Waals surface area contributed by atoms with Crippen molar-refractivity contribution in [3.63, 3.8) is 0 Å². The maximum Gasteiger partial charge on any atom is 0.407 e. The molecule has 1 fully saturated rings. The summed E-state index contributed by atoms with van der Waals surface area (Å²) < 4.78 is 61.2. The van der Waals surface area contributed by atoms with Gasteiger partial charge in [-0.1, -0.05) is 65.0 Å². The Balaban J connectivity index is 1.82. The Morgan fingerprint density at radius 1 is 1.00 bits per heavy atom. The lowest BCUT2D eigenvalue weighted by atomic mass is 9.85. The number of amides is 4. The first-order chi connectivity index (χ1) is 23.4. The van der Waals surface area contributed by atoms with Crippen molar-refractivity contribution in [2.75, 3.05) is 19.7 Å². The van der Waals surface area contributed by atoms with Crippen LogP contribution in [0.5, 0.6) is 0 Å². The van der Waals surface area contributed by atoms with Crippen molar-refractivity contribution < 1.29 is 51.4 Å². The Morgan fingerprint density at radius 2 is 1.62 bits per heavy atom. The second-order valence-corrected chi connectivity index (χ2v) is 13.7. The number of carboxylic acids is 1. The lowest BCUT2D eigenvalue weighted by Gasteiger charge is -2.35. The van der Waals surface area contributed by atoms with Gasteiger partial charge in [-0.15, -0.1) is 0 Å². The van der Waals surface area contributed by atoms with E-state index in [0.717, 1.165) is 5.56 Å². The second kappa shape index (κ2) is 17.3. The minimum Gasteiger partial charge on any atom is -0.478 e. The Hall–Kier alpha value is -4.69. The summed E-state index contributed by atoms with van der Waals surface area (Å²) in [4.78, 5) is 65.9. The number of rotatable bonds is 14. The first-order valence-electron chi connectivity index (χ1n) is 16.2. The van der Waals surface area contributed by atoms with Crippen LogP contribution < -0.4 is 16.0 Å². The van der Waals surface area contributed by atoms with E-state index in [0.29, 0.717) is 12.1 Å². The third kappa shape index (κ3) is 10.9. The molecule has 0 bridgehead atoms. The highest BCUT2D eigenvalue weighted by molar-refractivity contribution is 5.95. The molecule has 1 saturated heterocycles. The van der Waals surface area contributed by atoms with Crippen LogP contribution in [0.4, 0.5) is 22.4 Å². The number of alkyl halides is 2. The highest BCUT2D eigenvalue weighted by Crippen LogP contribution is 2.34. The third-order valence-corrected chi connectivity index (χ3v) is 8.19. The summed E-state index contributed by atoms with van der Waals surface area (Å²) in [6.45, 7) is 8.60. The molecule has 0 aliphatic carbocycles. The lowest BCUT2D eigenvalue weighted by molar-refractivity contribution is -0.142. The van der Waals surface area contributed by atoms with Crippen molar-refractivity contribution in [1.29, 1.82) is 0 Å². The SMILES string of the molecule is CC(C)COC(=O)N[C@H](C(=O)N1C[C@H](c2ccccc2)C[C@H]1C(=O)N[C@@H](CC(F)F)C(=O)NCCc1c(F)cc(C(=O)O)cc1F)C(C)(C)C. The van der Waals surface area contributed by atoms with Gasteiger partial charge in [-0.25, -0.2) is 27.2 Å². The minimum atomic E-state index is -3.03. The van der Waals surface area contributed by atoms with Crippen LogP contribution in [0, 0.1) is 23.0 Å². The summed E-state index contributed by atoms with van der Waals surface area (Å²) in [6.07, 6.45) is -5.30. The van der Waals surface area contributed by atoms with E-state index < -0.39 is 102 Å². The van der Waals surface area contributed by atoms with E-state index in [9.17, 15) is 41.5 Å². The molecule has 4 N–H and O–H groups in total. The standard InChI is InChI=1S/C35H44F4N4O7/c1-19(2)18-50-34(49)42-29(35(3,4)5)32(46)43-17-22(20-9-7-6-8-10-20)15-27(43)31(45)41-26(16-28(38)39)30(44)40-12-11-23-24(36)13-21(33(47)48)14-25(23)37/h6-10,13-14,19,22,26-29H,11-12,15-18H2,1-5H3,(H,40,44)(H,41,45)(H,42,49)(H,47,48)/t22-,26+,27+,29-/m1/s1. The van der Waals surface area contributed by atoms with Gasteiger partial charge < -0.3 is 30.7 Å². The third-order valence-electron chi connectivity index (χ3n) is 8.19. The highest BCUT2D eigenvalue weighted by atomic mass is 19.3. The van der Waals surface area contributed by atoms with Crippen molar-refractivity contribution >= 4 is 29.8 Å². The molecule has 0 radical (unpaired) electrons. The molecule has 2 aromatic carbocycles. The van der Waals surface area contributed by atoms with Gasteiger partial charge in [-0.2, -0.15) is 0 Å².